The van der Waals surface area contributed by atoms with Crippen molar-refractivity contribution in [1.82, 2.24) is 0 Å². The van der Waals surface area contributed by atoms with Crippen molar-refractivity contribution in [3.05, 3.63) is 0 Å². The summed E-state index contributed by atoms with van der Waals surface area (Å²) in [4.78, 5) is 0. The average molecular weight is 394 g/mol. The Morgan fingerprint density at radius 2 is 1.50 bits per heavy atom. The summed E-state index contributed by atoms with van der Waals surface area (Å²) in [6.45, 7) is 4.40. The molecule has 4 N–H and O–H groups in total. The summed E-state index contributed by atoms with van der Waals surface area (Å²) in [5.74, 6) is 0. The molecule has 0 heterocycles. The van der Waals surface area contributed by atoms with Gasteiger partial charge in [-0.2, -0.15) is 0 Å². The number of hydrogen-bond donors (Lipinski definition) is 2. The van der Waals surface area contributed by atoms with Gasteiger partial charge in [-0.1, -0.05) is 37.0 Å². The molecule has 78 valence electrons. The summed E-state index contributed by atoms with van der Waals surface area (Å²) in [6.07, 6.45) is 1.59. The van der Waals surface area contributed by atoms with Crippen LogP contribution in [0.25, 0.3) is 0 Å². The second-order valence-electron chi connectivity index (χ2n) is 2.81. The molecule has 0 radical (unpaired) electrons. The van der Waals surface area contributed by atoms with Gasteiger partial charge in [0.05, 0.1) is 0 Å². The van der Waals surface area contributed by atoms with Gasteiger partial charge in [0.15, 0.2) is 4.46 Å². The van der Waals surface area contributed by atoms with Gasteiger partial charge in [-0.3, -0.25) is 5.73 Å². The summed E-state index contributed by atoms with van der Waals surface area (Å²) < 4.78 is -1.22. The molecule has 0 aromatic carbocycles. The molecule has 0 atom stereocenters. The van der Waals surface area contributed by atoms with Crippen LogP contribution < -0.4 is 11.5 Å². The molecule has 0 aliphatic rings. The first kappa shape index (κ1) is 15.7. The fraction of sp³-hybridized carbons (Fsp3) is 1.00. The van der Waals surface area contributed by atoms with Crippen LogP contribution in [0.2, 0.25) is 0 Å². The van der Waals surface area contributed by atoms with Gasteiger partial charge >= 0.3 is 0 Å². The van der Waals surface area contributed by atoms with Gasteiger partial charge in [-0.05, 0) is 12.8 Å². The summed E-state index contributed by atoms with van der Waals surface area (Å²) in [6, 6.07) is 0. The molecule has 5 heteroatoms. The molecule has 2 nitrogen and oxygen atoms in total. The molecule has 0 saturated heterocycles. The molecule has 0 aliphatic heterocycles. The SMILES string of the molecule is CCC(CC)(CN)C(N)(Cl)Cl.[Pt]. The summed E-state index contributed by atoms with van der Waals surface area (Å²) >= 11 is 11.6. The number of halogens is 2. The maximum absolute atomic E-state index is 5.82. The van der Waals surface area contributed by atoms with Crippen LogP contribution in [0.5, 0.6) is 0 Å². The topological polar surface area (TPSA) is 52.0 Å². The van der Waals surface area contributed by atoms with Crippen molar-refractivity contribution in [1.29, 1.82) is 0 Å². The predicted molar refractivity (Wildman–Crippen MR) is 50.7 cm³/mol. The molecule has 0 aromatic rings. The number of alkyl halides is 2. The third-order valence-corrected chi connectivity index (χ3v) is 3.25. The van der Waals surface area contributed by atoms with E-state index in [4.69, 9.17) is 34.7 Å². The van der Waals surface area contributed by atoms with Crippen LogP contribution in [0, 0.1) is 5.41 Å². The van der Waals surface area contributed by atoms with E-state index in [1.54, 1.807) is 0 Å². The van der Waals surface area contributed by atoms with Gasteiger partial charge in [-0.25, -0.2) is 0 Å². The van der Waals surface area contributed by atoms with Crippen molar-refractivity contribution in [3.63, 3.8) is 0 Å². The number of nitrogens with two attached hydrogens (primary N) is 2. The molecule has 0 saturated carbocycles. The monoisotopic (exact) mass is 393 g/mol. The van der Waals surface area contributed by atoms with Crippen LogP contribution in [0.4, 0.5) is 0 Å². The van der Waals surface area contributed by atoms with Crippen LogP contribution in [-0.2, 0) is 21.1 Å². The minimum absolute atomic E-state index is 0. The van der Waals surface area contributed by atoms with E-state index in [9.17, 15) is 0 Å². The number of hydrogen-bond acceptors (Lipinski definition) is 2. The second kappa shape index (κ2) is 5.82. The Kier molecular flexibility index (Phi) is 7.59. The zero-order valence-corrected chi connectivity index (χ0v) is 11.1. The maximum Gasteiger partial charge on any atom is 0.173 e. The van der Waals surface area contributed by atoms with Crippen molar-refractivity contribution in [2.75, 3.05) is 6.54 Å². The van der Waals surface area contributed by atoms with Crippen molar-refractivity contribution in [3.8, 4) is 0 Å². The van der Waals surface area contributed by atoms with Crippen LogP contribution >= 0.6 is 23.2 Å². The Morgan fingerprint density at radius 1 is 1.17 bits per heavy atom. The Bertz CT molecular complexity index is 113. The predicted octanol–water partition coefficient (Wildman–Crippen LogP) is 1.84. The Balaban J connectivity index is 0. The molecule has 12 heavy (non-hydrogen) atoms. The van der Waals surface area contributed by atoms with E-state index in [-0.39, 0.29) is 26.5 Å². The third kappa shape index (κ3) is 3.15. The van der Waals surface area contributed by atoms with E-state index in [0.717, 1.165) is 12.8 Å². The van der Waals surface area contributed by atoms with E-state index in [1.165, 1.54) is 0 Å². The summed E-state index contributed by atoms with van der Waals surface area (Å²) in [5, 5.41) is 0. The Labute approximate surface area is 98.6 Å². The minimum Gasteiger partial charge on any atom is -0.330 e. The van der Waals surface area contributed by atoms with Gasteiger partial charge in [-0.15, -0.1) is 0 Å². The molecule has 0 spiro atoms. The number of rotatable bonds is 4. The largest absolute Gasteiger partial charge is 0.330 e. The smallest absolute Gasteiger partial charge is 0.173 e. The Hall–Kier alpha value is 1.19. The standard InChI is InChI=1S/C7H16Cl2N2.Pt/c1-3-6(4-2,5-10)7(8,9)11;/h3-5,10-11H2,1-2H3;. The van der Waals surface area contributed by atoms with Gasteiger partial charge < -0.3 is 5.73 Å². The van der Waals surface area contributed by atoms with Gasteiger partial charge in [0.25, 0.3) is 0 Å². The van der Waals surface area contributed by atoms with E-state index in [2.05, 4.69) is 0 Å². The average Bonchev–Trinajstić information content (AvgIpc) is 1.90. The van der Waals surface area contributed by atoms with Gasteiger partial charge in [0.1, 0.15) is 0 Å². The van der Waals surface area contributed by atoms with Crippen LogP contribution in [-0.4, -0.2) is 11.0 Å². The van der Waals surface area contributed by atoms with Gasteiger partial charge in [0.2, 0.25) is 0 Å². The summed E-state index contributed by atoms with van der Waals surface area (Å²) in [5.41, 5.74) is 10.8. The summed E-state index contributed by atoms with van der Waals surface area (Å²) in [7, 11) is 0. The molecular weight excluding hydrogens is 378 g/mol. The van der Waals surface area contributed by atoms with Crippen LogP contribution in [0.3, 0.4) is 0 Å². The van der Waals surface area contributed by atoms with Crippen LogP contribution in [0.15, 0.2) is 0 Å². The van der Waals surface area contributed by atoms with Gasteiger partial charge in [0, 0.05) is 33.0 Å². The molecular formula is C7H16Cl2N2Pt. The maximum atomic E-state index is 5.82. The van der Waals surface area contributed by atoms with Crippen molar-refractivity contribution in [2.45, 2.75) is 31.1 Å². The molecule has 0 unspecified atom stereocenters. The third-order valence-electron chi connectivity index (χ3n) is 2.45. The first-order valence-electron chi connectivity index (χ1n) is 3.80. The van der Waals surface area contributed by atoms with Crippen molar-refractivity contribution < 1.29 is 21.1 Å². The minimum atomic E-state index is -1.22. The molecule has 0 fully saturated rings. The first-order chi connectivity index (χ1) is 4.93. The molecule has 0 rings (SSSR count). The molecule has 0 aliphatic carbocycles. The molecule has 0 aromatic heterocycles. The van der Waals surface area contributed by atoms with Crippen molar-refractivity contribution >= 4 is 23.2 Å². The van der Waals surface area contributed by atoms with Crippen LogP contribution in [0.1, 0.15) is 26.7 Å². The van der Waals surface area contributed by atoms with E-state index in [1.807, 2.05) is 13.8 Å². The van der Waals surface area contributed by atoms with Crippen molar-refractivity contribution in [2.24, 2.45) is 16.9 Å². The zero-order valence-electron chi connectivity index (χ0n) is 7.35. The normalized spacial score (nSPS) is 12.5. The molecule has 0 bridgehead atoms. The Morgan fingerprint density at radius 3 is 1.50 bits per heavy atom. The zero-order chi connectivity index (χ0) is 9.12. The fourth-order valence-corrected chi connectivity index (χ4v) is 1.83. The first-order valence-corrected chi connectivity index (χ1v) is 4.56. The van der Waals surface area contributed by atoms with E-state index in [0.29, 0.717) is 6.54 Å². The molecule has 0 amide bonds. The second-order valence-corrected chi connectivity index (χ2v) is 4.20. The van der Waals surface area contributed by atoms with E-state index >= 15 is 0 Å². The quantitative estimate of drug-likeness (QED) is 0.565. The fourth-order valence-electron chi connectivity index (χ4n) is 1.15. The van der Waals surface area contributed by atoms with E-state index < -0.39 is 4.46 Å².